The van der Waals surface area contributed by atoms with Crippen LogP contribution in [0, 0.1) is 5.82 Å². The van der Waals surface area contributed by atoms with Gasteiger partial charge in [0, 0.05) is 5.56 Å². The number of rotatable bonds is 2. The van der Waals surface area contributed by atoms with Gasteiger partial charge < -0.3 is 0 Å². The van der Waals surface area contributed by atoms with Gasteiger partial charge in [-0.2, -0.15) is 0 Å². The first-order valence-corrected chi connectivity index (χ1v) is 4.51. The minimum Gasteiger partial charge on any atom is -0.294 e. The summed E-state index contributed by atoms with van der Waals surface area (Å²) in [6, 6.07) is 2.19. The molecule has 0 amide bonds. The Bertz CT molecular complexity index is 377. The molecule has 1 rings (SSSR count). The zero-order chi connectivity index (χ0) is 10.9. The molecule has 1 nitrogen and oxygen atoms in total. The fraction of sp³-hybridized carbons (Fsp3) is 0.222. The average molecular weight is 267 g/mol. The molecule has 0 spiro atoms. The van der Waals surface area contributed by atoms with Crippen LogP contribution >= 0.6 is 15.9 Å². The van der Waals surface area contributed by atoms with Crippen LogP contribution in [0.15, 0.2) is 16.6 Å². The first-order chi connectivity index (χ1) is 6.45. The van der Waals surface area contributed by atoms with Gasteiger partial charge in [0.15, 0.2) is 5.78 Å². The van der Waals surface area contributed by atoms with Crippen LogP contribution in [0.2, 0.25) is 0 Å². The standard InChI is InChI=1S/C9H6BrF3O/c1-4(14)7-5(9(12)13)2-3-6(10)8(7)11/h2-3,9H,1H3. The molecule has 0 radical (unpaired) electrons. The van der Waals surface area contributed by atoms with Crippen molar-refractivity contribution in [2.75, 3.05) is 0 Å². The van der Waals surface area contributed by atoms with Crippen LogP contribution in [0.1, 0.15) is 29.3 Å². The molecule has 0 N–H and O–H groups in total. The predicted octanol–water partition coefficient (Wildman–Crippen LogP) is 3.73. The lowest BCUT2D eigenvalue weighted by Gasteiger charge is -2.07. The Labute approximate surface area is 87.1 Å². The van der Waals surface area contributed by atoms with Crippen molar-refractivity contribution >= 4 is 21.7 Å². The Morgan fingerprint density at radius 3 is 2.43 bits per heavy atom. The lowest BCUT2D eigenvalue weighted by Crippen LogP contribution is -2.04. The quantitative estimate of drug-likeness (QED) is 0.746. The SMILES string of the molecule is CC(=O)c1c(C(F)F)ccc(Br)c1F. The number of hydrogen-bond donors (Lipinski definition) is 0. The van der Waals surface area contributed by atoms with Crippen LogP contribution in [-0.4, -0.2) is 5.78 Å². The van der Waals surface area contributed by atoms with Gasteiger partial charge in [0.2, 0.25) is 0 Å². The minimum atomic E-state index is -2.85. The number of carbonyl (C=O) groups is 1. The number of Topliss-reactive ketones (excluding diaryl/α,β-unsaturated/α-hetero) is 1. The number of halogens is 4. The van der Waals surface area contributed by atoms with Crippen molar-refractivity contribution in [2.45, 2.75) is 13.3 Å². The van der Waals surface area contributed by atoms with Crippen molar-refractivity contribution in [1.82, 2.24) is 0 Å². The molecule has 76 valence electrons. The second kappa shape index (κ2) is 4.13. The maximum absolute atomic E-state index is 13.3. The Kier molecular flexibility index (Phi) is 3.31. The van der Waals surface area contributed by atoms with E-state index in [1.807, 2.05) is 0 Å². The highest BCUT2D eigenvalue weighted by Gasteiger charge is 2.21. The lowest BCUT2D eigenvalue weighted by molar-refractivity contribution is 0.0993. The van der Waals surface area contributed by atoms with Crippen LogP contribution in [0.25, 0.3) is 0 Å². The summed E-state index contributed by atoms with van der Waals surface area (Å²) in [6.07, 6.45) is -2.85. The zero-order valence-corrected chi connectivity index (χ0v) is 8.74. The molecule has 0 aliphatic carbocycles. The number of alkyl halides is 2. The molecule has 0 saturated carbocycles. The summed E-state index contributed by atoms with van der Waals surface area (Å²) in [5.41, 5.74) is -1.12. The van der Waals surface area contributed by atoms with E-state index in [0.29, 0.717) is 0 Å². The van der Waals surface area contributed by atoms with Crippen LogP contribution in [0.5, 0.6) is 0 Å². The largest absolute Gasteiger partial charge is 0.294 e. The molecule has 1 aromatic carbocycles. The van der Waals surface area contributed by atoms with E-state index < -0.39 is 29.2 Å². The van der Waals surface area contributed by atoms with E-state index in [4.69, 9.17) is 0 Å². The van der Waals surface area contributed by atoms with Gasteiger partial charge >= 0.3 is 0 Å². The van der Waals surface area contributed by atoms with E-state index in [2.05, 4.69) is 15.9 Å². The van der Waals surface area contributed by atoms with E-state index in [-0.39, 0.29) is 4.47 Å². The first-order valence-electron chi connectivity index (χ1n) is 3.72. The van der Waals surface area contributed by atoms with Crippen molar-refractivity contribution in [3.05, 3.63) is 33.5 Å². The molecule has 0 heterocycles. The average Bonchev–Trinajstić information content (AvgIpc) is 2.08. The Hall–Kier alpha value is -0.840. The van der Waals surface area contributed by atoms with E-state index in [1.54, 1.807) is 0 Å². The minimum absolute atomic E-state index is 0.00657. The molecule has 0 saturated heterocycles. The van der Waals surface area contributed by atoms with Crippen LogP contribution < -0.4 is 0 Å². The first kappa shape index (κ1) is 11.2. The maximum atomic E-state index is 13.3. The molecule has 5 heteroatoms. The molecule has 0 aromatic heterocycles. The van der Waals surface area contributed by atoms with Gasteiger partial charge in [-0.15, -0.1) is 0 Å². The second-order valence-corrected chi connectivity index (χ2v) is 3.54. The molecule has 0 atom stereocenters. The predicted molar refractivity (Wildman–Crippen MR) is 49.1 cm³/mol. The van der Waals surface area contributed by atoms with Gasteiger partial charge in [-0.05, 0) is 28.9 Å². The maximum Gasteiger partial charge on any atom is 0.264 e. The van der Waals surface area contributed by atoms with Crippen LogP contribution in [-0.2, 0) is 0 Å². The molecular weight excluding hydrogens is 261 g/mol. The van der Waals surface area contributed by atoms with E-state index in [0.717, 1.165) is 19.1 Å². The molecular formula is C9H6BrF3O. The zero-order valence-electron chi connectivity index (χ0n) is 7.15. The monoisotopic (exact) mass is 266 g/mol. The molecule has 0 bridgehead atoms. The Morgan fingerprint density at radius 2 is 2.00 bits per heavy atom. The molecule has 0 unspecified atom stereocenters. The van der Waals surface area contributed by atoms with Crippen molar-refractivity contribution in [3.8, 4) is 0 Å². The summed E-state index contributed by atoms with van der Waals surface area (Å²) in [6.45, 7) is 1.05. The highest BCUT2D eigenvalue weighted by Crippen LogP contribution is 2.29. The number of carbonyl (C=O) groups excluding carboxylic acids is 1. The van der Waals surface area contributed by atoms with Gasteiger partial charge in [-0.1, -0.05) is 6.07 Å². The van der Waals surface area contributed by atoms with Crippen molar-refractivity contribution < 1.29 is 18.0 Å². The topological polar surface area (TPSA) is 17.1 Å². The van der Waals surface area contributed by atoms with Crippen molar-refractivity contribution in [1.29, 1.82) is 0 Å². The van der Waals surface area contributed by atoms with E-state index in [1.165, 1.54) is 0 Å². The Morgan fingerprint density at radius 1 is 1.43 bits per heavy atom. The summed E-state index contributed by atoms with van der Waals surface area (Å²) in [5, 5.41) is 0. The highest BCUT2D eigenvalue weighted by atomic mass is 79.9. The molecule has 0 aliphatic rings. The summed E-state index contributed by atoms with van der Waals surface area (Å²) in [5.74, 6) is -1.64. The van der Waals surface area contributed by atoms with Gasteiger partial charge in [0.1, 0.15) is 5.82 Å². The van der Waals surface area contributed by atoms with Crippen molar-refractivity contribution in [3.63, 3.8) is 0 Å². The fourth-order valence-corrected chi connectivity index (χ4v) is 1.44. The van der Waals surface area contributed by atoms with Gasteiger partial charge in [0.25, 0.3) is 6.43 Å². The van der Waals surface area contributed by atoms with Crippen LogP contribution in [0.4, 0.5) is 13.2 Å². The Balaban J connectivity index is 3.45. The summed E-state index contributed by atoms with van der Waals surface area (Å²) < 4.78 is 38.0. The third kappa shape index (κ3) is 1.97. The molecule has 14 heavy (non-hydrogen) atoms. The smallest absolute Gasteiger partial charge is 0.264 e. The number of hydrogen-bond acceptors (Lipinski definition) is 1. The van der Waals surface area contributed by atoms with Crippen LogP contribution in [0.3, 0.4) is 0 Å². The van der Waals surface area contributed by atoms with E-state index in [9.17, 15) is 18.0 Å². The van der Waals surface area contributed by atoms with Gasteiger partial charge in [-0.3, -0.25) is 4.79 Å². The second-order valence-electron chi connectivity index (χ2n) is 2.68. The molecule has 0 aliphatic heterocycles. The third-order valence-corrected chi connectivity index (χ3v) is 2.33. The normalized spacial score (nSPS) is 10.7. The number of benzene rings is 1. The summed E-state index contributed by atoms with van der Waals surface area (Å²) in [4.78, 5) is 10.9. The fourth-order valence-electron chi connectivity index (χ4n) is 1.11. The molecule has 0 fully saturated rings. The lowest BCUT2D eigenvalue weighted by atomic mass is 10.0. The third-order valence-electron chi connectivity index (χ3n) is 1.71. The highest BCUT2D eigenvalue weighted by molar-refractivity contribution is 9.10. The summed E-state index contributed by atoms with van der Waals surface area (Å²) in [7, 11) is 0. The number of ketones is 1. The summed E-state index contributed by atoms with van der Waals surface area (Å²) >= 11 is 2.83. The van der Waals surface area contributed by atoms with E-state index >= 15 is 0 Å². The van der Waals surface area contributed by atoms with Gasteiger partial charge in [0.05, 0.1) is 10.0 Å². The van der Waals surface area contributed by atoms with Gasteiger partial charge in [-0.25, -0.2) is 13.2 Å². The molecule has 1 aromatic rings. The van der Waals surface area contributed by atoms with Crippen molar-refractivity contribution in [2.24, 2.45) is 0 Å².